The molecule has 4 nitrogen and oxygen atoms in total. The first-order valence-corrected chi connectivity index (χ1v) is 7.85. The van der Waals surface area contributed by atoms with Gasteiger partial charge in [0, 0.05) is 31.4 Å². The van der Waals surface area contributed by atoms with Gasteiger partial charge in [-0.05, 0) is 20.3 Å². The van der Waals surface area contributed by atoms with Crippen LogP contribution in [-0.4, -0.2) is 28.6 Å². The van der Waals surface area contributed by atoms with Crippen molar-refractivity contribution in [1.29, 1.82) is 0 Å². The third-order valence-electron chi connectivity index (χ3n) is 3.28. The summed E-state index contributed by atoms with van der Waals surface area (Å²) < 4.78 is 0. The van der Waals surface area contributed by atoms with Crippen LogP contribution in [0.25, 0.3) is 0 Å². The van der Waals surface area contributed by atoms with Crippen molar-refractivity contribution in [2.75, 3.05) is 11.4 Å². The van der Waals surface area contributed by atoms with Crippen LogP contribution in [0.4, 0.5) is 5.82 Å². The smallest absolute Gasteiger partial charge is 0.147 e. The van der Waals surface area contributed by atoms with Gasteiger partial charge in [0.15, 0.2) is 0 Å². The van der Waals surface area contributed by atoms with E-state index in [1.807, 2.05) is 12.4 Å². The number of rotatable bonds is 9. The molecule has 1 aromatic heterocycles. The Balaban J connectivity index is 2.72. The molecule has 0 fully saturated rings. The molecule has 0 aromatic carbocycles. The molecule has 0 aliphatic heterocycles. The van der Waals surface area contributed by atoms with Gasteiger partial charge in [0.05, 0.1) is 11.9 Å². The molecule has 0 bridgehead atoms. The zero-order valence-corrected chi connectivity index (χ0v) is 13.7. The van der Waals surface area contributed by atoms with E-state index >= 15 is 0 Å². The van der Waals surface area contributed by atoms with Crippen LogP contribution in [0.1, 0.15) is 59.6 Å². The van der Waals surface area contributed by atoms with Gasteiger partial charge in [0.1, 0.15) is 5.82 Å². The average molecular weight is 278 g/mol. The number of anilines is 1. The second-order valence-corrected chi connectivity index (χ2v) is 5.90. The lowest BCUT2D eigenvalue weighted by molar-refractivity contribution is 0.576. The van der Waals surface area contributed by atoms with E-state index in [2.05, 4.69) is 49.8 Å². The van der Waals surface area contributed by atoms with Crippen LogP contribution in [0.2, 0.25) is 0 Å². The summed E-state index contributed by atoms with van der Waals surface area (Å²) in [6, 6.07) is 0.917. The second kappa shape index (κ2) is 8.90. The zero-order chi connectivity index (χ0) is 15.0. The number of aromatic nitrogens is 2. The van der Waals surface area contributed by atoms with Crippen molar-refractivity contribution in [2.45, 2.75) is 72.5 Å². The molecular formula is C16H30N4. The molecule has 20 heavy (non-hydrogen) atoms. The fraction of sp³-hybridized carbons (Fsp3) is 0.750. The first-order chi connectivity index (χ1) is 9.54. The van der Waals surface area contributed by atoms with E-state index in [-0.39, 0.29) is 0 Å². The Kier molecular flexibility index (Phi) is 7.52. The molecule has 0 radical (unpaired) electrons. The summed E-state index contributed by atoms with van der Waals surface area (Å²) in [6.45, 7) is 12.8. The molecule has 4 heteroatoms. The lowest BCUT2D eigenvalue weighted by Gasteiger charge is -2.28. The minimum atomic E-state index is 0.453. The predicted molar refractivity (Wildman–Crippen MR) is 86.0 cm³/mol. The van der Waals surface area contributed by atoms with Gasteiger partial charge >= 0.3 is 0 Å². The van der Waals surface area contributed by atoms with E-state index in [1.165, 1.54) is 19.3 Å². The highest BCUT2D eigenvalue weighted by atomic mass is 15.2. The SMILES string of the molecule is CCCCCN(c1cncc(CNC(C)C)n1)C(C)C. The summed E-state index contributed by atoms with van der Waals surface area (Å²) >= 11 is 0. The van der Waals surface area contributed by atoms with Crippen molar-refractivity contribution in [1.82, 2.24) is 15.3 Å². The highest BCUT2D eigenvalue weighted by Gasteiger charge is 2.12. The summed E-state index contributed by atoms with van der Waals surface area (Å²) in [5.74, 6) is 0.999. The standard InChI is InChI=1S/C16H30N4/c1-6-7-8-9-20(14(4)5)16-12-17-10-15(19-16)11-18-13(2)3/h10,12-14,18H,6-9,11H2,1-5H3. The van der Waals surface area contributed by atoms with Crippen molar-refractivity contribution >= 4 is 5.82 Å². The lowest BCUT2D eigenvalue weighted by Crippen LogP contribution is -2.33. The Morgan fingerprint density at radius 1 is 1.15 bits per heavy atom. The monoisotopic (exact) mass is 278 g/mol. The first kappa shape index (κ1) is 16.9. The number of nitrogens with zero attached hydrogens (tertiary/aromatic N) is 3. The summed E-state index contributed by atoms with van der Waals surface area (Å²) in [7, 11) is 0. The molecule has 0 aliphatic rings. The number of nitrogens with one attached hydrogen (secondary N) is 1. The van der Waals surface area contributed by atoms with Gasteiger partial charge in [-0.1, -0.05) is 33.6 Å². The predicted octanol–water partition coefficient (Wildman–Crippen LogP) is 3.38. The molecule has 1 rings (SSSR count). The normalized spacial score (nSPS) is 11.3. The van der Waals surface area contributed by atoms with Crippen LogP contribution >= 0.6 is 0 Å². The van der Waals surface area contributed by atoms with E-state index in [0.29, 0.717) is 12.1 Å². The quantitative estimate of drug-likeness (QED) is 0.703. The van der Waals surface area contributed by atoms with Crippen LogP contribution < -0.4 is 10.2 Å². The second-order valence-electron chi connectivity index (χ2n) is 5.90. The maximum absolute atomic E-state index is 4.75. The van der Waals surface area contributed by atoms with E-state index in [1.54, 1.807) is 0 Å². The average Bonchev–Trinajstić information content (AvgIpc) is 2.41. The van der Waals surface area contributed by atoms with Gasteiger partial charge in [-0.15, -0.1) is 0 Å². The van der Waals surface area contributed by atoms with E-state index in [0.717, 1.165) is 24.6 Å². The van der Waals surface area contributed by atoms with Crippen molar-refractivity contribution in [3.05, 3.63) is 18.1 Å². The summed E-state index contributed by atoms with van der Waals surface area (Å²) in [5, 5.41) is 3.39. The molecule has 0 saturated heterocycles. The van der Waals surface area contributed by atoms with E-state index in [9.17, 15) is 0 Å². The Bertz CT molecular complexity index is 376. The fourth-order valence-corrected chi connectivity index (χ4v) is 2.10. The highest BCUT2D eigenvalue weighted by molar-refractivity contribution is 5.37. The van der Waals surface area contributed by atoms with E-state index in [4.69, 9.17) is 4.98 Å². The minimum absolute atomic E-state index is 0.453. The van der Waals surface area contributed by atoms with Crippen LogP contribution in [-0.2, 0) is 6.54 Å². The molecular weight excluding hydrogens is 248 g/mol. The number of hydrogen-bond donors (Lipinski definition) is 1. The van der Waals surface area contributed by atoms with Gasteiger partial charge in [-0.3, -0.25) is 4.98 Å². The molecule has 0 unspecified atom stereocenters. The first-order valence-electron chi connectivity index (χ1n) is 7.85. The lowest BCUT2D eigenvalue weighted by atomic mass is 10.2. The number of unbranched alkanes of at least 4 members (excludes halogenated alkanes) is 2. The van der Waals surface area contributed by atoms with Crippen molar-refractivity contribution < 1.29 is 0 Å². The van der Waals surface area contributed by atoms with Crippen molar-refractivity contribution in [3.8, 4) is 0 Å². The Morgan fingerprint density at radius 2 is 1.90 bits per heavy atom. The van der Waals surface area contributed by atoms with Gasteiger partial charge in [0.25, 0.3) is 0 Å². The maximum Gasteiger partial charge on any atom is 0.147 e. The molecule has 0 aliphatic carbocycles. The molecule has 1 aromatic rings. The van der Waals surface area contributed by atoms with Crippen molar-refractivity contribution in [3.63, 3.8) is 0 Å². The zero-order valence-electron chi connectivity index (χ0n) is 13.7. The van der Waals surface area contributed by atoms with Gasteiger partial charge in [0.2, 0.25) is 0 Å². The topological polar surface area (TPSA) is 41.1 Å². The summed E-state index contributed by atoms with van der Waals surface area (Å²) in [4.78, 5) is 11.4. The van der Waals surface area contributed by atoms with Crippen LogP contribution in [0.15, 0.2) is 12.4 Å². The third-order valence-corrected chi connectivity index (χ3v) is 3.28. The molecule has 0 spiro atoms. The molecule has 0 atom stereocenters. The fourth-order valence-electron chi connectivity index (χ4n) is 2.10. The Hall–Kier alpha value is -1.16. The number of hydrogen-bond acceptors (Lipinski definition) is 4. The van der Waals surface area contributed by atoms with Gasteiger partial charge < -0.3 is 10.2 Å². The largest absolute Gasteiger partial charge is 0.353 e. The van der Waals surface area contributed by atoms with Gasteiger partial charge in [-0.2, -0.15) is 0 Å². The molecule has 1 heterocycles. The molecule has 114 valence electrons. The van der Waals surface area contributed by atoms with E-state index < -0.39 is 0 Å². The Morgan fingerprint density at radius 3 is 2.50 bits per heavy atom. The van der Waals surface area contributed by atoms with Crippen LogP contribution in [0.3, 0.4) is 0 Å². The highest BCUT2D eigenvalue weighted by Crippen LogP contribution is 2.15. The summed E-state index contributed by atoms with van der Waals surface area (Å²) in [6.07, 6.45) is 7.46. The molecule has 1 N–H and O–H groups in total. The summed E-state index contributed by atoms with van der Waals surface area (Å²) in [5.41, 5.74) is 1.01. The maximum atomic E-state index is 4.75. The minimum Gasteiger partial charge on any atom is -0.353 e. The third kappa shape index (κ3) is 5.87. The Labute approximate surface area is 124 Å². The van der Waals surface area contributed by atoms with Crippen LogP contribution in [0.5, 0.6) is 0 Å². The van der Waals surface area contributed by atoms with Crippen LogP contribution in [0, 0.1) is 0 Å². The molecule has 0 saturated carbocycles. The molecule has 0 amide bonds. The van der Waals surface area contributed by atoms with Crippen molar-refractivity contribution in [2.24, 2.45) is 0 Å². The van der Waals surface area contributed by atoms with Gasteiger partial charge in [-0.25, -0.2) is 4.98 Å².